The van der Waals surface area contributed by atoms with Crippen molar-refractivity contribution in [2.45, 2.75) is 52.6 Å². The fourth-order valence-electron chi connectivity index (χ4n) is 3.43. The van der Waals surface area contributed by atoms with Gasteiger partial charge in [-0.15, -0.1) is 24.0 Å². The molecule has 26 heavy (non-hydrogen) atoms. The van der Waals surface area contributed by atoms with E-state index in [1.165, 1.54) is 42.5 Å². The average molecular weight is 467 g/mol. The van der Waals surface area contributed by atoms with E-state index in [1.54, 1.807) is 0 Å². The third-order valence-corrected chi connectivity index (χ3v) is 5.04. The average Bonchev–Trinajstić information content (AvgIpc) is 2.82. The Morgan fingerprint density at radius 3 is 2.38 bits per heavy atom. The van der Waals surface area contributed by atoms with Crippen LogP contribution in [-0.4, -0.2) is 33.7 Å². The molecule has 6 heteroatoms. The third-order valence-electron chi connectivity index (χ3n) is 5.04. The summed E-state index contributed by atoms with van der Waals surface area (Å²) < 4.78 is 2.07. The molecule has 1 aromatic carbocycles. The Bertz CT molecular complexity index is 715. The molecule has 1 saturated heterocycles. The van der Waals surface area contributed by atoms with E-state index in [9.17, 15) is 0 Å². The minimum atomic E-state index is 0. The second-order valence-electron chi connectivity index (χ2n) is 6.87. The summed E-state index contributed by atoms with van der Waals surface area (Å²) in [5, 5.41) is 4.70. The van der Waals surface area contributed by atoms with Gasteiger partial charge in [0.2, 0.25) is 0 Å². The Morgan fingerprint density at radius 1 is 1.08 bits per heavy atom. The first-order valence-corrected chi connectivity index (χ1v) is 9.27. The molecule has 0 aliphatic carbocycles. The van der Waals surface area contributed by atoms with Crippen LogP contribution in [0.3, 0.4) is 0 Å². The van der Waals surface area contributed by atoms with Crippen molar-refractivity contribution in [3.8, 4) is 0 Å². The zero-order valence-corrected chi connectivity index (χ0v) is 18.1. The predicted octanol–water partition coefficient (Wildman–Crippen LogP) is 3.86. The Morgan fingerprint density at radius 2 is 1.73 bits per heavy atom. The summed E-state index contributed by atoms with van der Waals surface area (Å²) in [6.07, 6.45) is 5.02. The topological polar surface area (TPSA) is 59.4 Å². The van der Waals surface area contributed by atoms with E-state index >= 15 is 0 Å². The number of aliphatic imine (C=N–C) groups is 1. The summed E-state index contributed by atoms with van der Waals surface area (Å²) in [4.78, 5) is 6.90. The molecule has 2 heterocycles. The Balaban J connectivity index is 0.00000243. The quantitative estimate of drug-likeness (QED) is 0.422. The number of guanidine groups is 1. The smallest absolute Gasteiger partial charge is 0.191 e. The summed E-state index contributed by atoms with van der Waals surface area (Å²) >= 11 is 0. The lowest BCUT2D eigenvalue weighted by Crippen LogP contribution is -2.38. The molecule has 1 aliphatic heterocycles. The van der Waals surface area contributed by atoms with Gasteiger partial charge in [-0.3, -0.25) is 4.68 Å². The van der Waals surface area contributed by atoms with Crippen molar-refractivity contribution in [1.82, 2.24) is 14.7 Å². The molecule has 0 radical (unpaired) electrons. The van der Waals surface area contributed by atoms with Crippen LogP contribution < -0.4 is 5.73 Å². The molecular weight excluding hydrogens is 437 g/mol. The molecule has 0 saturated carbocycles. The highest BCUT2D eigenvalue weighted by molar-refractivity contribution is 14.0. The number of nitrogens with two attached hydrogens (primary N) is 1. The molecule has 3 rings (SSSR count). The van der Waals surface area contributed by atoms with Crippen LogP contribution in [0.25, 0.3) is 0 Å². The van der Waals surface area contributed by atoms with Gasteiger partial charge in [0.05, 0.1) is 18.8 Å². The number of halogens is 1. The predicted molar refractivity (Wildman–Crippen MR) is 118 cm³/mol. The summed E-state index contributed by atoms with van der Waals surface area (Å²) in [7, 11) is 0. The highest BCUT2D eigenvalue weighted by Crippen LogP contribution is 2.16. The number of aryl methyl sites for hydroxylation is 1. The molecule has 0 unspecified atom stereocenters. The molecule has 142 valence electrons. The molecule has 0 atom stereocenters. The van der Waals surface area contributed by atoms with Gasteiger partial charge in [0, 0.05) is 24.3 Å². The molecule has 1 fully saturated rings. The van der Waals surface area contributed by atoms with Crippen molar-refractivity contribution in [2.75, 3.05) is 13.1 Å². The molecule has 2 N–H and O–H groups in total. The number of nitrogens with zero attached hydrogens (tertiary/aromatic N) is 4. The van der Waals surface area contributed by atoms with E-state index in [0.717, 1.165) is 25.3 Å². The lowest BCUT2D eigenvalue weighted by Gasteiger charge is -2.21. The zero-order chi connectivity index (χ0) is 17.6. The van der Waals surface area contributed by atoms with E-state index in [1.807, 2.05) is 6.07 Å². The lowest BCUT2D eigenvalue weighted by atomic mass is 10.2. The summed E-state index contributed by atoms with van der Waals surface area (Å²) in [6, 6.07) is 10.4. The molecule has 2 aromatic rings. The Hall–Kier alpha value is -1.57. The van der Waals surface area contributed by atoms with Crippen LogP contribution in [0.1, 0.15) is 48.2 Å². The van der Waals surface area contributed by atoms with Crippen molar-refractivity contribution < 1.29 is 0 Å². The largest absolute Gasteiger partial charge is 0.370 e. The van der Waals surface area contributed by atoms with Gasteiger partial charge in [0.25, 0.3) is 0 Å². The second-order valence-corrected chi connectivity index (χ2v) is 6.87. The summed E-state index contributed by atoms with van der Waals surface area (Å²) in [5.41, 5.74) is 10.9. The van der Waals surface area contributed by atoms with E-state index in [-0.39, 0.29) is 24.0 Å². The van der Waals surface area contributed by atoms with Crippen LogP contribution in [0, 0.1) is 13.8 Å². The number of hydrogen-bond donors (Lipinski definition) is 1. The summed E-state index contributed by atoms with van der Waals surface area (Å²) in [5.74, 6) is 0.677. The molecule has 1 aromatic heterocycles. The third kappa shape index (κ3) is 5.22. The van der Waals surface area contributed by atoms with Crippen molar-refractivity contribution >= 4 is 29.9 Å². The monoisotopic (exact) mass is 467 g/mol. The van der Waals surface area contributed by atoms with Crippen LogP contribution in [-0.2, 0) is 13.1 Å². The maximum Gasteiger partial charge on any atom is 0.191 e. The standard InChI is InChI=1S/C20H29N5.HI/c1-16-19(14-22-20(21)24-12-8-3-4-9-13-24)17(2)25(23-16)15-18-10-6-5-7-11-18;/h5-7,10-11H,3-4,8-9,12-15H2,1-2H3,(H2,21,22);1H. The van der Waals surface area contributed by atoms with Gasteiger partial charge < -0.3 is 10.6 Å². The first kappa shape index (κ1) is 20.7. The van der Waals surface area contributed by atoms with Gasteiger partial charge in [0.1, 0.15) is 0 Å². The van der Waals surface area contributed by atoms with Crippen molar-refractivity contribution in [1.29, 1.82) is 0 Å². The Kier molecular flexibility index (Phi) is 7.93. The minimum absolute atomic E-state index is 0. The van der Waals surface area contributed by atoms with E-state index in [0.29, 0.717) is 12.5 Å². The fraction of sp³-hybridized carbons (Fsp3) is 0.500. The maximum absolute atomic E-state index is 6.24. The van der Waals surface area contributed by atoms with Crippen molar-refractivity contribution in [3.63, 3.8) is 0 Å². The molecule has 1 aliphatic rings. The molecule has 0 amide bonds. The van der Waals surface area contributed by atoms with Gasteiger partial charge in [-0.2, -0.15) is 5.10 Å². The van der Waals surface area contributed by atoms with Crippen molar-refractivity contribution in [2.24, 2.45) is 10.7 Å². The zero-order valence-electron chi connectivity index (χ0n) is 15.8. The normalized spacial score (nSPS) is 15.5. The van der Waals surface area contributed by atoms with Gasteiger partial charge in [-0.25, -0.2) is 4.99 Å². The molecule has 0 spiro atoms. The number of rotatable bonds is 4. The lowest BCUT2D eigenvalue weighted by molar-refractivity contribution is 0.428. The van der Waals surface area contributed by atoms with Gasteiger partial charge in [0.15, 0.2) is 5.96 Å². The van der Waals surface area contributed by atoms with Gasteiger partial charge in [-0.05, 0) is 32.3 Å². The first-order valence-electron chi connectivity index (χ1n) is 9.27. The van der Waals surface area contributed by atoms with Crippen LogP contribution in [0.15, 0.2) is 35.3 Å². The number of hydrogen-bond acceptors (Lipinski definition) is 2. The molecule has 5 nitrogen and oxygen atoms in total. The van der Waals surface area contributed by atoms with Crippen LogP contribution in [0.2, 0.25) is 0 Å². The van der Waals surface area contributed by atoms with Gasteiger partial charge in [-0.1, -0.05) is 43.2 Å². The van der Waals surface area contributed by atoms with E-state index in [2.05, 4.69) is 52.7 Å². The highest BCUT2D eigenvalue weighted by Gasteiger charge is 2.14. The number of likely N-dealkylation sites (tertiary alicyclic amines) is 1. The molecule has 0 bridgehead atoms. The SMILES string of the molecule is Cc1nn(Cc2ccccc2)c(C)c1CN=C(N)N1CCCCCC1.I. The van der Waals surface area contributed by atoms with Crippen LogP contribution >= 0.6 is 24.0 Å². The second kappa shape index (κ2) is 9.94. The maximum atomic E-state index is 6.24. The van der Waals surface area contributed by atoms with Crippen LogP contribution in [0.4, 0.5) is 0 Å². The van der Waals surface area contributed by atoms with E-state index in [4.69, 9.17) is 10.8 Å². The summed E-state index contributed by atoms with van der Waals surface area (Å²) in [6.45, 7) is 7.63. The fourth-order valence-corrected chi connectivity index (χ4v) is 3.43. The minimum Gasteiger partial charge on any atom is -0.370 e. The van der Waals surface area contributed by atoms with Crippen LogP contribution in [0.5, 0.6) is 0 Å². The number of benzene rings is 1. The first-order chi connectivity index (χ1) is 12.1. The van der Waals surface area contributed by atoms with Crippen molar-refractivity contribution in [3.05, 3.63) is 52.8 Å². The van der Waals surface area contributed by atoms with E-state index < -0.39 is 0 Å². The Labute approximate surface area is 173 Å². The van der Waals surface area contributed by atoms with Gasteiger partial charge >= 0.3 is 0 Å². The molecular formula is C20H30IN5. The number of aromatic nitrogens is 2. The highest BCUT2D eigenvalue weighted by atomic mass is 127.